The van der Waals surface area contributed by atoms with Crippen LogP contribution in [-0.4, -0.2) is 54.0 Å². The summed E-state index contributed by atoms with van der Waals surface area (Å²) in [5.74, 6) is -0.0687. The maximum absolute atomic E-state index is 12.2. The van der Waals surface area contributed by atoms with Crippen LogP contribution in [0.1, 0.15) is 25.3 Å². The second kappa shape index (κ2) is 7.97. The summed E-state index contributed by atoms with van der Waals surface area (Å²) < 4.78 is 5.35. The number of ether oxygens (including phenoxy) is 1. The standard InChI is InChI=1S/C17H25N3O3/c1-13(18)16(21)20-10-6-9-15(11-20)19(2)17(22)23-12-14-7-4-3-5-8-14/h3-5,7-8,13,15H,6,9-12,18H2,1-2H3/t13-,15+/m0/s1. The predicted molar refractivity (Wildman–Crippen MR) is 87.6 cm³/mol. The first-order chi connectivity index (χ1) is 11.0. The van der Waals surface area contributed by atoms with Gasteiger partial charge in [-0.05, 0) is 25.3 Å². The van der Waals surface area contributed by atoms with Crippen molar-refractivity contribution in [3.8, 4) is 0 Å². The van der Waals surface area contributed by atoms with Gasteiger partial charge in [0.05, 0.1) is 12.1 Å². The van der Waals surface area contributed by atoms with Crippen LogP contribution in [-0.2, 0) is 16.1 Å². The summed E-state index contributed by atoms with van der Waals surface area (Å²) in [6.45, 7) is 3.14. The first kappa shape index (κ1) is 17.3. The molecule has 1 aliphatic rings. The van der Waals surface area contributed by atoms with Crippen LogP contribution in [0, 0.1) is 0 Å². The van der Waals surface area contributed by atoms with E-state index < -0.39 is 6.04 Å². The zero-order valence-electron chi connectivity index (χ0n) is 13.8. The average Bonchev–Trinajstić information content (AvgIpc) is 2.59. The Kier molecular flexibility index (Phi) is 5.98. The third-order valence-corrected chi connectivity index (χ3v) is 4.14. The summed E-state index contributed by atoms with van der Waals surface area (Å²) >= 11 is 0. The van der Waals surface area contributed by atoms with E-state index in [1.165, 1.54) is 0 Å². The van der Waals surface area contributed by atoms with Crippen molar-refractivity contribution in [1.29, 1.82) is 0 Å². The summed E-state index contributed by atoms with van der Waals surface area (Å²) in [6.07, 6.45) is 1.35. The maximum Gasteiger partial charge on any atom is 0.410 e. The number of amides is 2. The minimum Gasteiger partial charge on any atom is -0.445 e. The summed E-state index contributed by atoms with van der Waals surface area (Å²) in [7, 11) is 1.72. The highest BCUT2D eigenvalue weighted by atomic mass is 16.6. The Morgan fingerprint density at radius 1 is 1.39 bits per heavy atom. The molecule has 0 bridgehead atoms. The first-order valence-corrected chi connectivity index (χ1v) is 7.97. The Balaban J connectivity index is 1.87. The number of hydrogen-bond acceptors (Lipinski definition) is 4. The van der Waals surface area contributed by atoms with Gasteiger partial charge in [-0.3, -0.25) is 4.79 Å². The van der Waals surface area contributed by atoms with Gasteiger partial charge < -0.3 is 20.3 Å². The zero-order chi connectivity index (χ0) is 16.8. The normalized spacial score (nSPS) is 19.1. The fraction of sp³-hybridized carbons (Fsp3) is 0.529. The molecule has 1 aromatic carbocycles. The van der Waals surface area contributed by atoms with Crippen LogP contribution in [0.15, 0.2) is 30.3 Å². The van der Waals surface area contributed by atoms with Crippen LogP contribution in [0.25, 0.3) is 0 Å². The zero-order valence-corrected chi connectivity index (χ0v) is 13.8. The number of nitrogens with zero attached hydrogens (tertiary/aromatic N) is 2. The lowest BCUT2D eigenvalue weighted by molar-refractivity contribution is -0.134. The van der Waals surface area contributed by atoms with Crippen molar-refractivity contribution in [2.24, 2.45) is 5.73 Å². The highest BCUT2D eigenvalue weighted by Crippen LogP contribution is 2.16. The Morgan fingerprint density at radius 2 is 2.09 bits per heavy atom. The highest BCUT2D eigenvalue weighted by Gasteiger charge is 2.30. The quantitative estimate of drug-likeness (QED) is 0.914. The van der Waals surface area contributed by atoms with Gasteiger partial charge in [0, 0.05) is 20.1 Å². The molecule has 1 aliphatic heterocycles. The van der Waals surface area contributed by atoms with Gasteiger partial charge in [-0.2, -0.15) is 0 Å². The van der Waals surface area contributed by atoms with E-state index in [4.69, 9.17) is 10.5 Å². The minimum absolute atomic E-state index is 0.0327. The summed E-state index contributed by atoms with van der Waals surface area (Å²) in [5.41, 5.74) is 6.61. The lowest BCUT2D eigenvalue weighted by Crippen LogP contribution is -2.53. The van der Waals surface area contributed by atoms with Gasteiger partial charge in [0.15, 0.2) is 0 Å². The molecule has 23 heavy (non-hydrogen) atoms. The largest absolute Gasteiger partial charge is 0.445 e. The van der Waals surface area contributed by atoms with Gasteiger partial charge in [-0.1, -0.05) is 30.3 Å². The number of carbonyl (C=O) groups is 2. The smallest absolute Gasteiger partial charge is 0.410 e. The molecular formula is C17H25N3O3. The van der Waals surface area contributed by atoms with Crippen molar-refractivity contribution in [2.45, 2.75) is 38.5 Å². The summed E-state index contributed by atoms with van der Waals surface area (Å²) in [6, 6.07) is 9.02. The molecule has 6 nitrogen and oxygen atoms in total. The van der Waals surface area contributed by atoms with Crippen LogP contribution in [0.2, 0.25) is 0 Å². The van der Waals surface area contributed by atoms with Gasteiger partial charge in [0.25, 0.3) is 0 Å². The molecule has 0 saturated carbocycles. The summed E-state index contributed by atoms with van der Waals surface area (Å²) in [5, 5.41) is 0. The van der Waals surface area contributed by atoms with Crippen molar-refractivity contribution in [1.82, 2.24) is 9.80 Å². The third kappa shape index (κ3) is 4.69. The van der Waals surface area contributed by atoms with Crippen LogP contribution >= 0.6 is 0 Å². The number of rotatable bonds is 4. The second-order valence-corrected chi connectivity index (χ2v) is 6.02. The van der Waals surface area contributed by atoms with E-state index >= 15 is 0 Å². The van der Waals surface area contributed by atoms with Gasteiger partial charge in [-0.25, -0.2) is 4.79 Å². The van der Waals surface area contributed by atoms with Gasteiger partial charge >= 0.3 is 6.09 Å². The Morgan fingerprint density at radius 3 is 2.74 bits per heavy atom. The molecule has 2 amide bonds. The molecule has 0 aliphatic carbocycles. The Labute approximate surface area is 137 Å². The highest BCUT2D eigenvalue weighted by molar-refractivity contribution is 5.81. The fourth-order valence-electron chi connectivity index (χ4n) is 2.73. The van der Waals surface area contributed by atoms with E-state index in [-0.39, 0.29) is 24.6 Å². The van der Waals surface area contributed by atoms with E-state index in [0.717, 1.165) is 18.4 Å². The van der Waals surface area contributed by atoms with Crippen LogP contribution in [0.4, 0.5) is 4.79 Å². The lowest BCUT2D eigenvalue weighted by Gasteiger charge is -2.37. The number of benzene rings is 1. The molecule has 0 spiro atoms. The van der Waals surface area contributed by atoms with Crippen molar-refractivity contribution in [3.05, 3.63) is 35.9 Å². The fourth-order valence-corrected chi connectivity index (χ4v) is 2.73. The molecule has 1 saturated heterocycles. The Hall–Kier alpha value is -2.08. The lowest BCUT2D eigenvalue weighted by atomic mass is 10.0. The molecule has 1 heterocycles. The molecule has 1 fully saturated rings. The van der Waals surface area contributed by atoms with Gasteiger partial charge in [-0.15, -0.1) is 0 Å². The number of piperidine rings is 1. The topological polar surface area (TPSA) is 75.9 Å². The Bertz CT molecular complexity index is 533. The van der Waals surface area contributed by atoms with Gasteiger partial charge in [0.2, 0.25) is 5.91 Å². The predicted octanol–water partition coefficient (Wildman–Crippen LogP) is 1.59. The number of carbonyl (C=O) groups excluding carboxylic acids is 2. The average molecular weight is 319 g/mol. The van der Waals surface area contributed by atoms with E-state index in [1.54, 1.807) is 23.8 Å². The van der Waals surface area contributed by atoms with Crippen molar-refractivity contribution >= 4 is 12.0 Å². The monoisotopic (exact) mass is 319 g/mol. The number of nitrogens with two attached hydrogens (primary N) is 1. The van der Waals surface area contributed by atoms with Crippen LogP contribution in [0.3, 0.4) is 0 Å². The third-order valence-electron chi connectivity index (χ3n) is 4.14. The maximum atomic E-state index is 12.2. The van der Waals surface area contributed by atoms with E-state index in [0.29, 0.717) is 13.1 Å². The van der Waals surface area contributed by atoms with Crippen molar-refractivity contribution in [3.63, 3.8) is 0 Å². The molecule has 0 radical (unpaired) electrons. The second-order valence-electron chi connectivity index (χ2n) is 6.02. The molecule has 2 rings (SSSR count). The van der Waals surface area contributed by atoms with Crippen molar-refractivity contribution < 1.29 is 14.3 Å². The molecule has 0 aromatic heterocycles. The summed E-state index contributed by atoms with van der Waals surface area (Å²) in [4.78, 5) is 27.5. The van der Waals surface area contributed by atoms with E-state index in [2.05, 4.69) is 0 Å². The molecule has 126 valence electrons. The first-order valence-electron chi connectivity index (χ1n) is 7.97. The SMILES string of the molecule is C[C@H](N)C(=O)N1CCC[C@@H](N(C)C(=O)OCc2ccccc2)C1. The molecule has 1 aromatic rings. The molecule has 0 unspecified atom stereocenters. The number of likely N-dealkylation sites (N-methyl/N-ethyl adjacent to an activating group) is 1. The molecule has 2 atom stereocenters. The number of hydrogen-bond donors (Lipinski definition) is 1. The van der Waals surface area contributed by atoms with Crippen LogP contribution in [0.5, 0.6) is 0 Å². The van der Waals surface area contributed by atoms with Crippen molar-refractivity contribution in [2.75, 3.05) is 20.1 Å². The van der Waals surface area contributed by atoms with E-state index in [1.807, 2.05) is 30.3 Å². The number of likely N-dealkylation sites (tertiary alicyclic amines) is 1. The van der Waals surface area contributed by atoms with Gasteiger partial charge in [0.1, 0.15) is 6.61 Å². The molecule has 6 heteroatoms. The molecular weight excluding hydrogens is 294 g/mol. The van der Waals surface area contributed by atoms with E-state index in [9.17, 15) is 9.59 Å². The minimum atomic E-state index is -0.510. The molecule has 2 N–H and O–H groups in total. The van der Waals surface area contributed by atoms with Crippen LogP contribution < -0.4 is 5.73 Å².